The van der Waals surface area contributed by atoms with E-state index < -0.39 is 11.9 Å². The summed E-state index contributed by atoms with van der Waals surface area (Å²) in [6, 6.07) is 15.2. The third-order valence-electron chi connectivity index (χ3n) is 6.48. The Hall–Kier alpha value is -2.60. The van der Waals surface area contributed by atoms with E-state index >= 15 is 0 Å². The SMILES string of the molecule is C[C@@H](C(=O)Nc1ccc(Cl)cc1)C1CCC(c2cc(C(F)(F)F)nc3ccccc23)CC1. The predicted molar refractivity (Wildman–Crippen MR) is 121 cm³/mol. The molecule has 1 aliphatic rings. The van der Waals surface area contributed by atoms with Crippen molar-refractivity contribution >= 4 is 34.1 Å². The molecule has 0 bridgehead atoms. The molecule has 168 valence electrons. The summed E-state index contributed by atoms with van der Waals surface area (Å²) < 4.78 is 40.2. The van der Waals surface area contributed by atoms with Crippen LogP contribution in [-0.4, -0.2) is 10.9 Å². The normalized spacial score (nSPS) is 20.2. The van der Waals surface area contributed by atoms with Crippen molar-refractivity contribution < 1.29 is 18.0 Å². The molecule has 3 nitrogen and oxygen atoms in total. The van der Waals surface area contributed by atoms with Gasteiger partial charge in [0.05, 0.1) is 5.52 Å². The van der Waals surface area contributed by atoms with Crippen molar-refractivity contribution in [3.05, 3.63) is 70.9 Å². The van der Waals surface area contributed by atoms with Crippen LogP contribution in [0.3, 0.4) is 0 Å². The number of benzene rings is 2. The Kier molecular flexibility index (Phi) is 6.42. The number of nitrogens with zero attached hydrogens (tertiary/aromatic N) is 1. The van der Waals surface area contributed by atoms with Gasteiger partial charge in [0.1, 0.15) is 5.69 Å². The summed E-state index contributed by atoms with van der Waals surface area (Å²) in [4.78, 5) is 16.5. The number of rotatable bonds is 4. The van der Waals surface area contributed by atoms with Gasteiger partial charge in [-0.15, -0.1) is 0 Å². The lowest BCUT2D eigenvalue weighted by Crippen LogP contribution is -2.29. The van der Waals surface area contributed by atoms with E-state index in [0.717, 1.165) is 31.1 Å². The molecule has 0 aliphatic heterocycles. The van der Waals surface area contributed by atoms with Crippen LogP contribution >= 0.6 is 11.6 Å². The maximum atomic E-state index is 13.4. The Morgan fingerprint density at radius 3 is 2.38 bits per heavy atom. The van der Waals surface area contributed by atoms with E-state index in [0.29, 0.717) is 21.8 Å². The zero-order chi connectivity index (χ0) is 22.9. The lowest BCUT2D eigenvalue weighted by molar-refractivity contribution is -0.141. The number of carbonyl (C=O) groups is 1. The van der Waals surface area contributed by atoms with Gasteiger partial charge in [-0.05, 0) is 79.5 Å². The number of carbonyl (C=O) groups excluding carboxylic acids is 1. The molecule has 1 amide bonds. The number of hydrogen-bond donors (Lipinski definition) is 1. The van der Waals surface area contributed by atoms with Crippen molar-refractivity contribution in [2.45, 2.75) is 44.7 Å². The number of anilines is 1. The van der Waals surface area contributed by atoms with Crippen LogP contribution < -0.4 is 5.32 Å². The van der Waals surface area contributed by atoms with Crippen LogP contribution in [0.25, 0.3) is 10.9 Å². The molecule has 1 aromatic heterocycles. The Balaban J connectivity index is 1.47. The number of para-hydroxylation sites is 1. The number of pyridine rings is 1. The van der Waals surface area contributed by atoms with Gasteiger partial charge in [0.15, 0.2) is 0 Å². The molecule has 4 rings (SSSR count). The number of hydrogen-bond acceptors (Lipinski definition) is 2. The second-order valence-corrected chi connectivity index (χ2v) is 8.94. The first-order valence-electron chi connectivity index (χ1n) is 10.8. The average molecular weight is 461 g/mol. The minimum atomic E-state index is -4.48. The standard InChI is InChI=1S/C25H24ClF3N2O/c1-15(24(32)30-19-12-10-18(26)11-13-19)16-6-8-17(9-7-16)21-14-23(25(27,28)29)31-22-5-3-2-4-20(21)22/h2-5,10-17H,6-9H2,1H3,(H,30,32)/t15-,16?,17?/m1/s1. The first-order valence-corrected chi connectivity index (χ1v) is 11.1. The summed E-state index contributed by atoms with van der Waals surface area (Å²) in [6.07, 6.45) is -1.41. The van der Waals surface area contributed by atoms with E-state index in [1.165, 1.54) is 6.07 Å². The molecule has 1 fully saturated rings. The molecule has 0 unspecified atom stereocenters. The third-order valence-corrected chi connectivity index (χ3v) is 6.73. The highest BCUT2D eigenvalue weighted by molar-refractivity contribution is 6.30. The molecule has 32 heavy (non-hydrogen) atoms. The molecule has 1 N–H and O–H groups in total. The smallest absolute Gasteiger partial charge is 0.326 e. The largest absolute Gasteiger partial charge is 0.433 e. The van der Waals surface area contributed by atoms with Crippen molar-refractivity contribution in [3.8, 4) is 0 Å². The Morgan fingerprint density at radius 1 is 1.06 bits per heavy atom. The number of halogens is 4. The van der Waals surface area contributed by atoms with Crippen LogP contribution in [0.5, 0.6) is 0 Å². The van der Waals surface area contributed by atoms with E-state index in [2.05, 4.69) is 10.3 Å². The van der Waals surface area contributed by atoms with Gasteiger partial charge < -0.3 is 5.32 Å². The highest BCUT2D eigenvalue weighted by atomic mass is 35.5. The fourth-order valence-corrected chi connectivity index (χ4v) is 4.74. The number of amides is 1. The van der Waals surface area contributed by atoms with E-state index in [4.69, 9.17) is 11.6 Å². The molecule has 3 aromatic rings. The van der Waals surface area contributed by atoms with Crippen LogP contribution in [0.2, 0.25) is 5.02 Å². The van der Waals surface area contributed by atoms with Crippen molar-refractivity contribution in [1.29, 1.82) is 0 Å². The Bertz CT molecular complexity index is 1110. The summed E-state index contributed by atoms with van der Waals surface area (Å²) >= 11 is 5.89. The molecular weight excluding hydrogens is 437 g/mol. The summed E-state index contributed by atoms with van der Waals surface area (Å²) in [5, 5.41) is 4.31. The molecule has 0 saturated heterocycles. The molecule has 1 saturated carbocycles. The van der Waals surface area contributed by atoms with Gasteiger partial charge in [-0.3, -0.25) is 4.79 Å². The van der Waals surface area contributed by atoms with Gasteiger partial charge >= 0.3 is 6.18 Å². The van der Waals surface area contributed by atoms with Gasteiger partial charge in [0.25, 0.3) is 0 Å². The second kappa shape index (κ2) is 9.10. The number of nitrogens with one attached hydrogen (secondary N) is 1. The van der Waals surface area contributed by atoms with E-state index in [1.54, 1.807) is 36.4 Å². The van der Waals surface area contributed by atoms with Crippen LogP contribution in [0.1, 0.15) is 49.8 Å². The first kappa shape index (κ1) is 22.6. The van der Waals surface area contributed by atoms with Crippen LogP contribution in [0.4, 0.5) is 18.9 Å². The second-order valence-electron chi connectivity index (χ2n) is 8.51. The van der Waals surface area contributed by atoms with Crippen LogP contribution in [-0.2, 0) is 11.0 Å². The minimum Gasteiger partial charge on any atom is -0.326 e. The first-order chi connectivity index (χ1) is 15.2. The Morgan fingerprint density at radius 2 is 1.72 bits per heavy atom. The van der Waals surface area contributed by atoms with E-state index in [9.17, 15) is 18.0 Å². The van der Waals surface area contributed by atoms with Crippen molar-refractivity contribution in [2.24, 2.45) is 11.8 Å². The molecule has 0 spiro atoms. The molecular formula is C25H24ClF3N2O. The minimum absolute atomic E-state index is 0.0202. The molecule has 1 atom stereocenters. The quantitative estimate of drug-likeness (QED) is 0.439. The number of aromatic nitrogens is 1. The van der Waals surface area contributed by atoms with Crippen LogP contribution in [0.15, 0.2) is 54.6 Å². The maximum absolute atomic E-state index is 13.4. The summed E-state index contributed by atoms with van der Waals surface area (Å²) in [5.74, 6) is -0.0310. The highest BCUT2D eigenvalue weighted by Crippen LogP contribution is 2.42. The number of alkyl halides is 3. The molecule has 1 heterocycles. The van der Waals surface area contributed by atoms with Gasteiger partial charge in [-0.1, -0.05) is 36.7 Å². The maximum Gasteiger partial charge on any atom is 0.433 e. The zero-order valence-corrected chi connectivity index (χ0v) is 18.4. The van der Waals surface area contributed by atoms with Gasteiger partial charge in [0.2, 0.25) is 5.91 Å². The lowest BCUT2D eigenvalue weighted by Gasteiger charge is -2.32. The Labute approximate surface area is 190 Å². The molecule has 2 aromatic carbocycles. The third kappa shape index (κ3) is 4.90. The summed E-state index contributed by atoms with van der Waals surface area (Å²) in [7, 11) is 0. The van der Waals surface area contributed by atoms with Crippen molar-refractivity contribution in [1.82, 2.24) is 4.98 Å². The molecule has 7 heteroatoms. The average Bonchev–Trinajstić information content (AvgIpc) is 2.79. The summed E-state index contributed by atoms with van der Waals surface area (Å²) in [6.45, 7) is 1.92. The molecule has 0 radical (unpaired) electrons. The molecule has 1 aliphatic carbocycles. The predicted octanol–water partition coefficient (Wildman–Crippen LogP) is 7.46. The fourth-order valence-electron chi connectivity index (χ4n) is 4.62. The number of fused-ring (bicyclic) bond motifs is 1. The lowest BCUT2D eigenvalue weighted by atomic mass is 9.73. The topological polar surface area (TPSA) is 42.0 Å². The zero-order valence-electron chi connectivity index (χ0n) is 17.6. The fraction of sp³-hybridized carbons (Fsp3) is 0.360. The van der Waals surface area contributed by atoms with Gasteiger partial charge in [0, 0.05) is 22.0 Å². The van der Waals surface area contributed by atoms with E-state index in [-0.39, 0.29) is 23.7 Å². The van der Waals surface area contributed by atoms with Crippen molar-refractivity contribution in [3.63, 3.8) is 0 Å². The van der Waals surface area contributed by atoms with Gasteiger partial charge in [-0.25, -0.2) is 4.98 Å². The van der Waals surface area contributed by atoms with E-state index in [1.807, 2.05) is 19.1 Å². The highest BCUT2D eigenvalue weighted by Gasteiger charge is 2.35. The van der Waals surface area contributed by atoms with Crippen molar-refractivity contribution in [2.75, 3.05) is 5.32 Å². The van der Waals surface area contributed by atoms with Crippen LogP contribution in [0, 0.1) is 11.8 Å². The van der Waals surface area contributed by atoms with Gasteiger partial charge in [-0.2, -0.15) is 13.2 Å². The monoisotopic (exact) mass is 460 g/mol. The summed E-state index contributed by atoms with van der Waals surface area (Å²) in [5.41, 5.74) is 0.932.